The minimum Gasteiger partial charge on any atom is -0.371 e. The van der Waals surface area contributed by atoms with Gasteiger partial charge in [-0.15, -0.1) is 0 Å². The Morgan fingerprint density at radius 2 is 1.94 bits per heavy atom. The zero-order valence-electron chi connectivity index (χ0n) is 11.5. The van der Waals surface area contributed by atoms with Crippen LogP contribution < -0.4 is 10.2 Å². The van der Waals surface area contributed by atoms with Gasteiger partial charge in [0.2, 0.25) is 0 Å². The molecule has 0 saturated carbocycles. The summed E-state index contributed by atoms with van der Waals surface area (Å²) in [6.45, 7) is 11.8. The van der Waals surface area contributed by atoms with Crippen LogP contribution in [0.4, 0.5) is 5.69 Å². The fourth-order valence-corrected chi connectivity index (χ4v) is 1.89. The smallest absolute Gasteiger partial charge is 0.0572 e. The fourth-order valence-electron chi connectivity index (χ4n) is 1.89. The molecule has 1 atom stereocenters. The Hall–Kier alpha value is -1.09. The van der Waals surface area contributed by atoms with E-state index in [2.05, 4.69) is 55.0 Å². The van der Waals surface area contributed by atoms with E-state index in [0.29, 0.717) is 6.04 Å². The van der Waals surface area contributed by atoms with Crippen LogP contribution in [0.2, 0.25) is 0 Å². The summed E-state index contributed by atoms with van der Waals surface area (Å²) in [5.74, 6) is 0. The molecule has 0 spiro atoms. The molecule has 3 heteroatoms. The third kappa shape index (κ3) is 4.00. The molecule has 0 aliphatic rings. The van der Waals surface area contributed by atoms with Crippen molar-refractivity contribution in [3.05, 3.63) is 24.0 Å². The van der Waals surface area contributed by atoms with Gasteiger partial charge in [0.1, 0.15) is 0 Å². The first-order chi connectivity index (χ1) is 8.22. The second-order valence-electron chi connectivity index (χ2n) is 4.29. The molecule has 0 bridgehead atoms. The molecule has 0 aromatic carbocycles. The maximum absolute atomic E-state index is 4.54. The molecule has 17 heavy (non-hydrogen) atoms. The zero-order chi connectivity index (χ0) is 12.7. The third-order valence-electron chi connectivity index (χ3n) is 3.04. The lowest BCUT2D eigenvalue weighted by atomic mass is 10.2. The molecule has 0 aliphatic carbocycles. The Labute approximate surface area is 105 Å². The molecule has 0 radical (unpaired) electrons. The van der Waals surface area contributed by atoms with E-state index in [9.17, 15) is 0 Å². The van der Waals surface area contributed by atoms with E-state index in [4.69, 9.17) is 0 Å². The normalized spacial score (nSPS) is 12.5. The van der Waals surface area contributed by atoms with Gasteiger partial charge in [-0.2, -0.15) is 0 Å². The molecule has 1 unspecified atom stereocenters. The summed E-state index contributed by atoms with van der Waals surface area (Å²) in [4.78, 5) is 6.85. The molecule has 1 heterocycles. The number of aromatic nitrogens is 1. The van der Waals surface area contributed by atoms with Crippen molar-refractivity contribution in [1.29, 1.82) is 0 Å². The van der Waals surface area contributed by atoms with Gasteiger partial charge in [0, 0.05) is 19.1 Å². The predicted molar refractivity (Wildman–Crippen MR) is 74.5 cm³/mol. The average Bonchev–Trinajstić information content (AvgIpc) is 2.38. The molecular weight excluding hydrogens is 210 g/mol. The van der Waals surface area contributed by atoms with Gasteiger partial charge in [0.15, 0.2) is 0 Å². The SMILES string of the molecule is CCCNC(C)c1ccc(N(CC)CC)cn1. The van der Waals surface area contributed by atoms with Crippen molar-refractivity contribution < 1.29 is 0 Å². The standard InChI is InChI=1S/C14H25N3/c1-5-10-15-12(4)14-9-8-13(11-16-14)17(6-2)7-3/h8-9,11-12,15H,5-7,10H2,1-4H3. The summed E-state index contributed by atoms with van der Waals surface area (Å²) in [5, 5.41) is 3.45. The Morgan fingerprint density at radius 1 is 1.24 bits per heavy atom. The van der Waals surface area contributed by atoms with Gasteiger partial charge in [0.25, 0.3) is 0 Å². The molecule has 3 nitrogen and oxygen atoms in total. The lowest BCUT2D eigenvalue weighted by molar-refractivity contribution is 0.558. The van der Waals surface area contributed by atoms with Crippen LogP contribution in [0, 0.1) is 0 Å². The number of nitrogens with one attached hydrogen (secondary N) is 1. The number of nitrogens with zero attached hydrogens (tertiary/aromatic N) is 2. The summed E-state index contributed by atoms with van der Waals surface area (Å²) in [7, 11) is 0. The summed E-state index contributed by atoms with van der Waals surface area (Å²) >= 11 is 0. The van der Waals surface area contributed by atoms with Gasteiger partial charge < -0.3 is 10.2 Å². The first-order valence-corrected chi connectivity index (χ1v) is 6.67. The monoisotopic (exact) mass is 235 g/mol. The Bertz CT molecular complexity index is 304. The van der Waals surface area contributed by atoms with Gasteiger partial charge in [0.05, 0.1) is 17.6 Å². The van der Waals surface area contributed by atoms with Crippen molar-refractivity contribution in [3.63, 3.8) is 0 Å². The van der Waals surface area contributed by atoms with Crippen LogP contribution in [0.1, 0.15) is 45.9 Å². The van der Waals surface area contributed by atoms with Crippen LogP contribution in [0.25, 0.3) is 0 Å². The van der Waals surface area contributed by atoms with E-state index in [0.717, 1.165) is 31.7 Å². The predicted octanol–water partition coefficient (Wildman–Crippen LogP) is 2.99. The molecule has 1 rings (SSSR count). The lowest BCUT2D eigenvalue weighted by Gasteiger charge is -2.21. The number of anilines is 1. The summed E-state index contributed by atoms with van der Waals surface area (Å²) in [6.07, 6.45) is 3.13. The van der Waals surface area contributed by atoms with Crippen LogP contribution in [-0.2, 0) is 0 Å². The van der Waals surface area contributed by atoms with E-state index in [1.807, 2.05) is 6.20 Å². The maximum atomic E-state index is 4.54. The van der Waals surface area contributed by atoms with Gasteiger partial charge in [-0.05, 0) is 45.9 Å². The number of rotatable bonds is 7. The van der Waals surface area contributed by atoms with Crippen LogP contribution >= 0.6 is 0 Å². The second kappa shape index (κ2) is 7.28. The molecule has 1 aromatic heterocycles. The third-order valence-corrected chi connectivity index (χ3v) is 3.04. The van der Waals surface area contributed by atoms with E-state index in [1.165, 1.54) is 5.69 Å². The Morgan fingerprint density at radius 3 is 2.41 bits per heavy atom. The van der Waals surface area contributed by atoms with E-state index in [-0.39, 0.29) is 0 Å². The fraction of sp³-hybridized carbons (Fsp3) is 0.643. The number of hydrogen-bond donors (Lipinski definition) is 1. The zero-order valence-corrected chi connectivity index (χ0v) is 11.5. The minimum atomic E-state index is 0.334. The molecule has 96 valence electrons. The lowest BCUT2D eigenvalue weighted by Crippen LogP contribution is -2.23. The average molecular weight is 235 g/mol. The van der Waals surface area contributed by atoms with Crippen LogP contribution in [0.3, 0.4) is 0 Å². The maximum Gasteiger partial charge on any atom is 0.0572 e. The van der Waals surface area contributed by atoms with E-state index >= 15 is 0 Å². The number of hydrogen-bond acceptors (Lipinski definition) is 3. The highest BCUT2D eigenvalue weighted by Crippen LogP contribution is 2.16. The molecular formula is C14H25N3. The van der Waals surface area contributed by atoms with Crippen molar-refractivity contribution >= 4 is 5.69 Å². The highest BCUT2D eigenvalue weighted by molar-refractivity contribution is 5.44. The van der Waals surface area contributed by atoms with Crippen molar-refractivity contribution in [3.8, 4) is 0 Å². The molecule has 1 N–H and O–H groups in total. The van der Waals surface area contributed by atoms with Crippen LogP contribution in [0.5, 0.6) is 0 Å². The van der Waals surface area contributed by atoms with Gasteiger partial charge in [-0.3, -0.25) is 4.98 Å². The first kappa shape index (κ1) is 14.0. The summed E-state index contributed by atoms with van der Waals surface area (Å²) in [5.41, 5.74) is 2.33. The Balaban J connectivity index is 2.66. The first-order valence-electron chi connectivity index (χ1n) is 6.67. The molecule has 0 amide bonds. The highest BCUT2D eigenvalue weighted by Gasteiger charge is 2.07. The molecule has 1 aromatic rings. The van der Waals surface area contributed by atoms with Crippen LogP contribution in [-0.4, -0.2) is 24.6 Å². The van der Waals surface area contributed by atoms with Crippen LogP contribution in [0.15, 0.2) is 18.3 Å². The van der Waals surface area contributed by atoms with Crippen molar-refractivity contribution in [1.82, 2.24) is 10.3 Å². The summed E-state index contributed by atoms with van der Waals surface area (Å²) in [6, 6.07) is 4.63. The second-order valence-corrected chi connectivity index (χ2v) is 4.29. The summed E-state index contributed by atoms with van der Waals surface area (Å²) < 4.78 is 0. The Kier molecular flexibility index (Phi) is 5.98. The molecule has 0 saturated heterocycles. The quantitative estimate of drug-likeness (QED) is 0.787. The van der Waals surface area contributed by atoms with E-state index < -0.39 is 0 Å². The van der Waals surface area contributed by atoms with Gasteiger partial charge >= 0.3 is 0 Å². The van der Waals surface area contributed by atoms with E-state index in [1.54, 1.807) is 0 Å². The van der Waals surface area contributed by atoms with Crippen molar-refractivity contribution in [2.24, 2.45) is 0 Å². The largest absolute Gasteiger partial charge is 0.371 e. The van der Waals surface area contributed by atoms with Gasteiger partial charge in [-0.1, -0.05) is 6.92 Å². The topological polar surface area (TPSA) is 28.2 Å². The number of pyridine rings is 1. The van der Waals surface area contributed by atoms with Crippen molar-refractivity contribution in [2.75, 3.05) is 24.5 Å². The molecule has 0 aliphatic heterocycles. The highest BCUT2D eigenvalue weighted by atomic mass is 15.1. The van der Waals surface area contributed by atoms with Crippen molar-refractivity contribution in [2.45, 2.75) is 40.2 Å². The van der Waals surface area contributed by atoms with Gasteiger partial charge in [-0.25, -0.2) is 0 Å². The molecule has 0 fully saturated rings. The minimum absolute atomic E-state index is 0.334.